The molecule has 0 saturated carbocycles. The Morgan fingerprint density at radius 1 is 0.860 bits per heavy atom. The minimum absolute atomic E-state index is 0.0191. The number of benzene rings is 3. The van der Waals surface area contributed by atoms with E-state index in [4.69, 9.17) is 4.74 Å². The third-order valence-corrected chi connectivity index (χ3v) is 6.80. The molecular formula is C29H25F8N3O3. The van der Waals surface area contributed by atoms with Gasteiger partial charge < -0.3 is 19.4 Å². The van der Waals surface area contributed by atoms with Gasteiger partial charge in [-0.2, -0.15) is 26.3 Å². The van der Waals surface area contributed by atoms with Crippen LogP contribution in [0.2, 0.25) is 0 Å². The topological polar surface area (TPSA) is 53.1 Å². The second-order valence-electron chi connectivity index (χ2n) is 9.91. The minimum Gasteiger partial charge on any atom is -0.445 e. The van der Waals surface area contributed by atoms with Crippen molar-refractivity contribution in [2.45, 2.75) is 31.5 Å². The lowest BCUT2D eigenvalue weighted by molar-refractivity contribution is -0.143. The average Bonchev–Trinajstić information content (AvgIpc) is 2.94. The van der Waals surface area contributed by atoms with Crippen LogP contribution in [-0.4, -0.2) is 53.5 Å². The molecule has 230 valence electrons. The van der Waals surface area contributed by atoms with Crippen molar-refractivity contribution in [3.8, 4) is 0 Å². The van der Waals surface area contributed by atoms with Gasteiger partial charge in [-0.15, -0.1) is 0 Å². The largest absolute Gasteiger partial charge is 0.445 e. The maximum absolute atomic E-state index is 14.9. The Labute approximate surface area is 241 Å². The third-order valence-electron chi connectivity index (χ3n) is 6.80. The number of amides is 3. The first-order valence-electron chi connectivity index (χ1n) is 12.8. The molecule has 4 rings (SSSR count). The number of carbonyl (C=O) groups excluding carboxylic acids is 2. The van der Waals surface area contributed by atoms with E-state index in [0.717, 1.165) is 29.0 Å². The van der Waals surface area contributed by atoms with Crippen LogP contribution in [-0.2, 0) is 30.2 Å². The van der Waals surface area contributed by atoms with Crippen molar-refractivity contribution >= 4 is 12.1 Å². The summed E-state index contributed by atoms with van der Waals surface area (Å²) in [5, 5.41) is 0. The molecule has 6 nitrogen and oxygen atoms in total. The normalized spacial score (nSPS) is 15.8. The number of halogens is 8. The summed E-state index contributed by atoms with van der Waals surface area (Å²) in [4.78, 5) is 29.5. The van der Waals surface area contributed by atoms with Crippen LogP contribution in [0.3, 0.4) is 0 Å². The van der Waals surface area contributed by atoms with Crippen LogP contribution >= 0.6 is 0 Å². The first-order chi connectivity index (χ1) is 20.1. The summed E-state index contributed by atoms with van der Waals surface area (Å²) >= 11 is 0. The average molecular weight is 616 g/mol. The predicted octanol–water partition coefficient (Wildman–Crippen LogP) is 7.25. The summed E-state index contributed by atoms with van der Waals surface area (Å²) < 4.78 is 114. The van der Waals surface area contributed by atoms with E-state index in [1.165, 1.54) is 4.90 Å². The Balaban J connectivity index is 1.57. The zero-order chi connectivity index (χ0) is 31.5. The van der Waals surface area contributed by atoms with Crippen molar-refractivity contribution < 1.29 is 49.4 Å². The van der Waals surface area contributed by atoms with E-state index in [1.807, 2.05) is 0 Å². The van der Waals surface area contributed by atoms with Crippen LogP contribution in [0.4, 0.5) is 44.7 Å². The van der Waals surface area contributed by atoms with E-state index in [9.17, 15) is 44.7 Å². The van der Waals surface area contributed by atoms with Gasteiger partial charge in [-0.1, -0.05) is 36.4 Å². The SMILES string of the molecule is CN(Cc1cc(C(F)(F)F)cc(C(F)(F)F)c1)C(=O)N1CCN(C(=O)OCc2ccccc2)CC1c1ccc(F)cc1F. The Morgan fingerprint density at radius 3 is 2.07 bits per heavy atom. The number of carbonyl (C=O) groups is 2. The number of piperazine rings is 1. The van der Waals surface area contributed by atoms with Gasteiger partial charge in [0.05, 0.1) is 17.2 Å². The second kappa shape index (κ2) is 12.5. The van der Waals surface area contributed by atoms with Gasteiger partial charge in [0.15, 0.2) is 0 Å². The molecule has 3 aromatic rings. The number of hydrogen-bond acceptors (Lipinski definition) is 3. The Morgan fingerprint density at radius 2 is 1.49 bits per heavy atom. The van der Waals surface area contributed by atoms with Gasteiger partial charge in [-0.25, -0.2) is 18.4 Å². The van der Waals surface area contributed by atoms with Gasteiger partial charge >= 0.3 is 24.5 Å². The number of urea groups is 1. The first-order valence-corrected chi connectivity index (χ1v) is 12.8. The van der Waals surface area contributed by atoms with Crippen molar-refractivity contribution in [3.63, 3.8) is 0 Å². The maximum Gasteiger partial charge on any atom is 0.416 e. The standard InChI is InChI=1S/C29H25F8N3O3/c1-38(15-19-11-20(28(32,33)34)13-21(12-19)29(35,36)37)26(41)40-10-9-39(27(42)43-17-18-5-3-2-4-6-18)16-25(40)23-8-7-22(30)14-24(23)31/h2-8,11-14,25H,9-10,15-17H2,1H3. The maximum atomic E-state index is 14.9. The summed E-state index contributed by atoms with van der Waals surface area (Å²) in [6, 6.07) is 10.4. The number of alkyl halides is 6. The van der Waals surface area contributed by atoms with Gasteiger partial charge in [-0.3, -0.25) is 0 Å². The zero-order valence-corrected chi connectivity index (χ0v) is 22.6. The molecule has 1 saturated heterocycles. The first kappa shape index (κ1) is 31.6. The summed E-state index contributed by atoms with van der Waals surface area (Å²) in [5.74, 6) is -1.91. The van der Waals surface area contributed by atoms with Gasteiger partial charge in [0.25, 0.3) is 0 Å². The Hall–Kier alpha value is -4.36. The fourth-order valence-corrected chi connectivity index (χ4v) is 4.70. The summed E-state index contributed by atoms with van der Waals surface area (Å²) in [6.45, 7) is -1.26. The molecule has 0 radical (unpaired) electrons. The molecule has 14 heteroatoms. The Bertz CT molecular complexity index is 1430. The van der Waals surface area contributed by atoms with Gasteiger partial charge in [0, 0.05) is 44.9 Å². The highest BCUT2D eigenvalue weighted by molar-refractivity contribution is 5.76. The molecular weight excluding hydrogens is 590 g/mol. The Kier molecular flexibility index (Phi) is 9.16. The van der Waals surface area contributed by atoms with Gasteiger partial charge in [0.2, 0.25) is 0 Å². The van der Waals surface area contributed by atoms with Crippen LogP contribution in [0, 0.1) is 11.6 Å². The van der Waals surface area contributed by atoms with E-state index in [-0.39, 0.29) is 37.9 Å². The molecule has 0 aromatic heterocycles. The number of ether oxygens (including phenoxy) is 1. The lowest BCUT2D eigenvalue weighted by Gasteiger charge is -2.42. The minimum atomic E-state index is -5.07. The molecule has 1 fully saturated rings. The third kappa shape index (κ3) is 7.73. The molecule has 1 heterocycles. The molecule has 0 N–H and O–H groups in total. The van der Waals surface area contributed by atoms with E-state index in [2.05, 4.69) is 0 Å². The predicted molar refractivity (Wildman–Crippen MR) is 137 cm³/mol. The molecule has 3 amide bonds. The fourth-order valence-electron chi connectivity index (χ4n) is 4.70. The lowest BCUT2D eigenvalue weighted by Crippen LogP contribution is -2.55. The second-order valence-corrected chi connectivity index (χ2v) is 9.91. The van der Waals surface area contributed by atoms with Crippen LogP contribution in [0.5, 0.6) is 0 Å². The van der Waals surface area contributed by atoms with E-state index in [0.29, 0.717) is 23.8 Å². The molecule has 1 unspecified atom stereocenters. The highest BCUT2D eigenvalue weighted by Gasteiger charge is 2.39. The van der Waals surface area contributed by atoms with Crippen LogP contribution in [0.25, 0.3) is 0 Å². The molecule has 0 spiro atoms. The highest BCUT2D eigenvalue weighted by atomic mass is 19.4. The molecule has 0 bridgehead atoms. The van der Waals surface area contributed by atoms with Crippen molar-refractivity contribution in [1.29, 1.82) is 0 Å². The molecule has 1 atom stereocenters. The van der Waals surface area contributed by atoms with Gasteiger partial charge in [-0.05, 0) is 35.4 Å². The van der Waals surface area contributed by atoms with Gasteiger partial charge in [0.1, 0.15) is 18.2 Å². The van der Waals surface area contributed by atoms with Crippen LogP contribution in [0.15, 0.2) is 66.7 Å². The van der Waals surface area contributed by atoms with Crippen molar-refractivity contribution in [2.24, 2.45) is 0 Å². The summed E-state index contributed by atoms with van der Waals surface area (Å²) in [6.07, 6.45) is -10.9. The summed E-state index contributed by atoms with van der Waals surface area (Å²) in [5.41, 5.74) is -2.96. The number of rotatable bonds is 5. The molecule has 1 aliphatic heterocycles. The molecule has 1 aliphatic rings. The molecule has 3 aromatic carbocycles. The quantitative estimate of drug-likeness (QED) is 0.284. The van der Waals surface area contributed by atoms with Crippen molar-refractivity contribution in [3.05, 3.63) is 106 Å². The highest BCUT2D eigenvalue weighted by Crippen LogP contribution is 2.37. The van der Waals surface area contributed by atoms with Crippen LogP contribution in [0.1, 0.15) is 33.9 Å². The van der Waals surface area contributed by atoms with Crippen molar-refractivity contribution in [2.75, 3.05) is 26.7 Å². The number of hydrogen-bond donors (Lipinski definition) is 0. The smallest absolute Gasteiger partial charge is 0.416 e. The fraction of sp³-hybridized carbons (Fsp3) is 0.310. The zero-order valence-electron chi connectivity index (χ0n) is 22.6. The monoisotopic (exact) mass is 615 g/mol. The van der Waals surface area contributed by atoms with E-state index in [1.54, 1.807) is 30.3 Å². The molecule has 0 aliphatic carbocycles. The van der Waals surface area contributed by atoms with Crippen molar-refractivity contribution in [1.82, 2.24) is 14.7 Å². The number of nitrogens with zero attached hydrogens (tertiary/aromatic N) is 3. The van der Waals surface area contributed by atoms with Crippen LogP contribution < -0.4 is 0 Å². The van der Waals surface area contributed by atoms with E-state index < -0.39 is 65.4 Å². The van der Waals surface area contributed by atoms with E-state index >= 15 is 0 Å². The molecule has 43 heavy (non-hydrogen) atoms. The summed E-state index contributed by atoms with van der Waals surface area (Å²) in [7, 11) is 1.16. The lowest BCUT2D eigenvalue weighted by atomic mass is 10.0.